The second-order valence-corrected chi connectivity index (χ2v) is 5.35. The molecule has 0 aromatic carbocycles. The number of hydrogen-bond donors (Lipinski definition) is 3. The number of carbonyl (C=O) groups is 1. The van der Waals surface area contributed by atoms with Crippen molar-refractivity contribution >= 4 is 18.3 Å². The Morgan fingerprint density at radius 3 is 2.75 bits per heavy atom. The van der Waals surface area contributed by atoms with Crippen molar-refractivity contribution in [1.82, 2.24) is 15.5 Å². The molecule has 1 saturated carbocycles. The first kappa shape index (κ1) is 17.0. The number of hydrogen-bond acceptors (Lipinski definition) is 3. The van der Waals surface area contributed by atoms with Gasteiger partial charge >= 0.3 is 0 Å². The summed E-state index contributed by atoms with van der Waals surface area (Å²) in [6, 6.07) is 1.89. The summed E-state index contributed by atoms with van der Waals surface area (Å²) in [5, 5.41) is 9.95. The first-order chi connectivity index (χ1) is 9.24. The number of carbonyl (C=O) groups excluding carboxylic acids is 1. The van der Waals surface area contributed by atoms with E-state index in [9.17, 15) is 4.79 Å². The lowest BCUT2D eigenvalue weighted by atomic mass is 9.84. The number of aromatic amines is 1. The summed E-state index contributed by atoms with van der Waals surface area (Å²) in [4.78, 5) is 12.1. The molecule has 2 rings (SSSR count). The second-order valence-electron chi connectivity index (χ2n) is 5.35. The maximum absolute atomic E-state index is 12.1. The molecule has 0 saturated heterocycles. The fourth-order valence-electron chi connectivity index (χ4n) is 2.81. The normalized spacial score (nSPS) is 17.3. The Morgan fingerprint density at radius 2 is 2.20 bits per heavy atom. The minimum Gasteiger partial charge on any atom is -0.346 e. The van der Waals surface area contributed by atoms with Crippen molar-refractivity contribution in [3.8, 4) is 0 Å². The van der Waals surface area contributed by atoms with E-state index < -0.39 is 0 Å². The Kier molecular flexibility index (Phi) is 7.02. The van der Waals surface area contributed by atoms with E-state index in [0.29, 0.717) is 18.2 Å². The molecule has 20 heavy (non-hydrogen) atoms. The molecule has 1 aromatic rings. The summed E-state index contributed by atoms with van der Waals surface area (Å²) in [5.41, 5.74) is 7.26. The van der Waals surface area contributed by atoms with Crippen molar-refractivity contribution in [3.05, 3.63) is 17.5 Å². The van der Waals surface area contributed by atoms with Crippen LogP contribution in [0.4, 0.5) is 0 Å². The van der Waals surface area contributed by atoms with Gasteiger partial charge in [0.1, 0.15) is 5.69 Å². The largest absolute Gasteiger partial charge is 0.346 e. The quantitative estimate of drug-likeness (QED) is 0.778. The van der Waals surface area contributed by atoms with Crippen LogP contribution in [0.25, 0.3) is 0 Å². The molecule has 1 aliphatic carbocycles. The molecule has 114 valence electrons. The van der Waals surface area contributed by atoms with E-state index in [1.165, 1.54) is 32.1 Å². The Bertz CT molecular complexity index is 415. The number of halogens is 1. The zero-order valence-electron chi connectivity index (χ0n) is 12.0. The van der Waals surface area contributed by atoms with Crippen LogP contribution in [0, 0.1) is 5.92 Å². The third-order valence-corrected chi connectivity index (χ3v) is 4.03. The number of rotatable bonds is 5. The minimum absolute atomic E-state index is 0. The van der Waals surface area contributed by atoms with Crippen LogP contribution in [0.2, 0.25) is 0 Å². The Labute approximate surface area is 126 Å². The van der Waals surface area contributed by atoms with Crippen molar-refractivity contribution in [3.63, 3.8) is 0 Å². The number of nitrogens with two attached hydrogens (primary N) is 1. The van der Waals surface area contributed by atoms with Crippen molar-refractivity contribution in [1.29, 1.82) is 0 Å². The van der Waals surface area contributed by atoms with E-state index in [4.69, 9.17) is 5.73 Å². The molecule has 1 unspecified atom stereocenters. The van der Waals surface area contributed by atoms with Crippen LogP contribution in [0.3, 0.4) is 0 Å². The highest BCUT2D eigenvalue weighted by Gasteiger charge is 2.24. The van der Waals surface area contributed by atoms with Crippen molar-refractivity contribution in [2.45, 2.75) is 51.5 Å². The lowest BCUT2D eigenvalue weighted by molar-refractivity contribution is 0.0910. The number of nitrogens with zero attached hydrogens (tertiary/aromatic N) is 1. The molecule has 6 heteroatoms. The standard InChI is InChI=1S/C14H24N4O.ClH/c1-2-11-8-12(18-17-11)14(19)16-13(9-15)10-6-4-3-5-7-10;/h8,10,13H,2-7,9,15H2,1H3,(H,16,19)(H,17,18);1H. The van der Waals surface area contributed by atoms with Gasteiger partial charge in [-0.2, -0.15) is 5.10 Å². The molecule has 5 nitrogen and oxygen atoms in total. The molecule has 4 N–H and O–H groups in total. The molecule has 0 aliphatic heterocycles. The molecule has 0 radical (unpaired) electrons. The zero-order valence-corrected chi connectivity index (χ0v) is 12.8. The highest BCUT2D eigenvalue weighted by Crippen LogP contribution is 2.26. The van der Waals surface area contributed by atoms with Gasteiger partial charge in [0.05, 0.1) is 0 Å². The molecular weight excluding hydrogens is 276 g/mol. The molecule has 1 heterocycles. The maximum atomic E-state index is 12.1. The molecule has 1 aliphatic rings. The summed E-state index contributed by atoms with van der Waals surface area (Å²) in [6.07, 6.45) is 6.99. The number of amides is 1. The first-order valence-corrected chi connectivity index (χ1v) is 7.29. The molecule has 1 amide bonds. The van der Waals surface area contributed by atoms with Crippen molar-refractivity contribution in [2.24, 2.45) is 11.7 Å². The van der Waals surface area contributed by atoms with Gasteiger partial charge in [-0.25, -0.2) is 0 Å². The predicted octanol–water partition coefficient (Wildman–Crippen LogP) is 2.03. The highest BCUT2D eigenvalue weighted by atomic mass is 35.5. The number of H-pyrrole nitrogens is 1. The van der Waals surface area contributed by atoms with E-state index in [1.807, 2.05) is 13.0 Å². The number of aromatic nitrogens is 2. The van der Waals surface area contributed by atoms with Gasteiger partial charge in [0.25, 0.3) is 5.91 Å². The van der Waals surface area contributed by atoms with Crippen molar-refractivity contribution < 1.29 is 4.79 Å². The summed E-state index contributed by atoms with van der Waals surface area (Å²) in [6.45, 7) is 2.53. The van der Waals surface area contributed by atoms with Crippen LogP contribution in [-0.4, -0.2) is 28.7 Å². The van der Waals surface area contributed by atoms with Crippen LogP contribution >= 0.6 is 12.4 Å². The van der Waals surface area contributed by atoms with Gasteiger partial charge in [0.15, 0.2) is 0 Å². The lowest BCUT2D eigenvalue weighted by Crippen LogP contribution is -2.46. The first-order valence-electron chi connectivity index (χ1n) is 7.29. The van der Waals surface area contributed by atoms with E-state index >= 15 is 0 Å². The fraction of sp³-hybridized carbons (Fsp3) is 0.714. The van der Waals surface area contributed by atoms with Gasteiger partial charge in [-0.1, -0.05) is 26.2 Å². The van der Waals surface area contributed by atoms with Gasteiger partial charge in [0, 0.05) is 18.3 Å². The van der Waals surface area contributed by atoms with Crippen LogP contribution in [0.15, 0.2) is 6.07 Å². The zero-order chi connectivity index (χ0) is 13.7. The lowest BCUT2D eigenvalue weighted by Gasteiger charge is -2.29. The molecule has 0 bridgehead atoms. The Hall–Kier alpha value is -1.07. The summed E-state index contributed by atoms with van der Waals surface area (Å²) in [5.74, 6) is 0.407. The van der Waals surface area contributed by atoms with Gasteiger partial charge in [0.2, 0.25) is 0 Å². The smallest absolute Gasteiger partial charge is 0.272 e. The maximum Gasteiger partial charge on any atom is 0.272 e. The van der Waals surface area contributed by atoms with E-state index in [2.05, 4.69) is 15.5 Å². The second kappa shape index (κ2) is 8.27. The monoisotopic (exact) mass is 300 g/mol. The molecule has 0 spiro atoms. The third-order valence-electron chi connectivity index (χ3n) is 4.03. The number of aryl methyl sites for hydroxylation is 1. The van der Waals surface area contributed by atoms with Gasteiger partial charge < -0.3 is 11.1 Å². The van der Waals surface area contributed by atoms with Crippen molar-refractivity contribution in [2.75, 3.05) is 6.54 Å². The van der Waals surface area contributed by atoms with E-state index in [-0.39, 0.29) is 24.4 Å². The van der Waals surface area contributed by atoms with Crippen LogP contribution in [0.5, 0.6) is 0 Å². The minimum atomic E-state index is -0.114. The Balaban J connectivity index is 0.00000200. The van der Waals surface area contributed by atoms with E-state index in [0.717, 1.165) is 12.1 Å². The summed E-state index contributed by atoms with van der Waals surface area (Å²) in [7, 11) is 0. The average molecular weight is 301 g/mol. The van der Waals surface area contributed by atoms with Crippen LogP contribution in [-0.2, 0) is 6.42 Å². The number of nitrogens with one attached hydrogen (secondary N) is 2. The molecule has 1 fully saturated rings. The average Bonchev–Trinajstić information content (AvgIpc) is 2.94. The third kappa shape index (κ3) is 4.21. The SMILES string of the molecule is CCc1cc(C(=O)NC(CN)C2CCCCC2)n[nH]1.Cl. The summed E-state index contributed by atoms with van der Waals surface area (Å²) >= 11 is 0. The van der Waals surface area contributed by atoms with Gasteiger partial charge in [-0.05, 0) is 31.2 Å². The van der Waals surface area contributed by atoms with Gasteiger partial charge in [-0.15, -0.1) is 12.4 Å². The Morgan fingerprint density at radius 1 is 1.50 bits per heavy atom. The van der Waals surface area contributed by atoms with E-state index in [1.54, 1.807) is 0 Å². The summed E-state index contributed by atoms with van der Waals surface area (Å²) < 4.78 is 0. The fourth-order valence-corrected chi connectivity index (χ4v) is 2.81. The molecule has 1 aromatic heterocycles. The van der Waals surface area contributed by atoms with Gasteiger partial charge in [-0.3, -0.25) is 9.89 Å². The van der Waals surface area contributed by atoms with Crippen LogP contribution in [0.1, 0.15) is 55.2 Å². The topological polar surface area (TPSA) is 83.8 Å². The van der Waals surface area contributed by atoms with Crippen LogP contribution < -0.4 is 11.1 Å². The highest BCUT2D eigenvalue weighted by molar-refractivity contribution is 5.92. The predicted molar refractivity (Wildman–Crippen MR) is 82.1 cm³/mol. The molecule has 1 atom stereocenters. The molecular formula is C14H25ClN4O.